The molecule has 1 aromatic heterocycles. The second-order valence-corrected chi connectivity index (χ2v) is 6.71. The largest absolute Gasteiger partial charge is 0.489 e. The first-order valence-corrected chi connectivity index (χ1v) is 8.97. The van der Waals surface area contributed by atoms with E-state index in [-0.39, 0.29) is 0 Å². The van der Waals surface area contributed by atoms with Crippen molar-refractivity contribution >= 4 is 16.9 Å². The average molecular weight is 350 g/mol. The van der Waals surface area contributed by atoms with Crippen LogP contribution in [0.25, 0.3) is 10.9 Å². The van der Waals surface area contributed by atoms with Gasteiger partial charge in [-0.05, 0) is 49.7 Å². The first-order chi connectivity index (χ1) is 12.7. The molecule has 1 saturated heterocycles. The summed E-state index contributed by atoms with van der Waals surface area (Å²) in [5.74, 6) is -0.0591. The van der Waals surface area contributed by atoms with E-state index in [2.05, 4.69) is 4.98 Å². The van der Waals surface area contributed by atoms with Crippen LogP contribution in [-0.4, -0.2) is 34.0 Å². The normalized spacial score (nSPS) is 16.0. The van der Waals surface area contributed by atoms with Crippen molar-refractivity contribution in [3.8, 4) is 5.75 Å². The number of aromatic amines is 1. The van der Waals surface area contributed by atoms with E-state index in [4.69, 9.17) is 4.74 Å². The van der Waals surface area contributed by atoms with Gasteiger partial charge in [0.05, 0.1) is 0 Å². The lowest BCUT2D eigenvalue weighted by Gasteiger charge is -2.23. The second-order valence-electron chi connectivity index (χ2n) is 6.71. The van der Waals surface area contributed by atoms with E-state index in [1.165, 1.54) is 0 Å². The maximum atomic E-state index is 11.9. The van der Waals surface area contributed by atoms with Crippen LogP contribution < -0.4 is 4.74 Å². The van der Waals surface area contributed by atoms with Gasteiger partial charge in [-0.15, -0.1) is 0 Å². The second kappa shape index (κ2) is 7.22. The molecule has 0 radical (unpaired) electrons. The minimum atomic E-state index is -0.802. The van der Waals surface area contributed by atoms with E-state index < -0.39 is 12.0 Å². The van der Waals surface area contributed by atoms with Crippen LogP contribution in [0.15, 0.2) is 54.7 Å². The van der Waals surface area contributed by atoms with Crippen LogP contribution in [0.1, 0.15) is 30.0 Å². The Bertz CT molecular complexity index is 898. The lowest BCUT2D eigenvalue weighted by Crippen LogP contribution is -2.31. The lowest BCUT2D eigenvalue weighted by atomic mass is 10.0. The van der Waals surface area contributed by atoms with Gasteiger partial charge in [-0.25, -0.2) is 0 Å². The zero-order valence-electron chi connectivity index (χ0n) is 14.5. The molecule has 1 fully saturated rings. The summed E-state index contributed by atoms with van der Waals surface area (Å²) in [7, 11) is 0. The summed E-state index contributed by atoms with van der Waals surface area (Å²) in [5, 5.41) is 10.7. The van der Waals surface area contributed by atoms with Crippen molar-refractivity contribution in [2.45, 2.75) is 25.5 Å². The quantitative estimate of drug-likeness (QED) is 0.706. The van der Waals surface area contributed by atoms with E-state index in [1.54, 1.807) is 0 Å². The number of carboxylic acids is 1. The van der Waals surface area contributed by atoms with Gasteiger partial charge in [0.1, 0.15) is 18.4 Å². The van der Waals surface area contributed by atoms with E-state index in [0.717, 1.165) is 53.7 Å². The van der Waals surface area contributed by atoms with E-state index in [0.29, 0.717) is 6.61 Å². The molecule has 0 unspecified atom stereocenters. The van der Waals surface area contributed by atoms with E-state index in [1.807, 2.05) is 59.6 Å². The van der Waals surface area contributed by atoms with Crippen molar-refractivity contribution in [1.82, 2.24) is 9.88 Å². The number of aliphatic carboxylic acids is 1. The third kappa shape index (κ3) is 3.30. The molecule has 134 valence electrons. The smallest absolute Gasteiger partial charge is 0.325 e. The SMILES string of the molecule is O=C(O)[C@@H](c1c[nH]c2ccc(OCc3ccccc3)cc12)N1CCCC1. The molecule has 2 aromatic carbocycles. The van der Waals surface area contributed by atoms with Crippen LogP contribution in [-0.2, 0) is 11.4 Å². The zero-order valence-corrected chi connectivity index (χ0v) is 14.5. The summed E-state index contributed by atoms with van der Waals surface area (Å²) >= 11 is 0. The maximum absolute atomic E-state index is 11.9. The monoisotopic (exact) mass is 350 g/mol. The number of aromatic nitrogens is 1. The van der Waals surface area contributed by atoms with Crippen molar-refractivity contribution in [3.05, 3.63) is 65.9 Å². The predicted molar refractivity (Wildman–Crippen MR) is 100 cm³/mol. The zero-order chi connectivity index (χ0) is 17.9. The highest BCUT2D eigenvalue weighted by molar-refractivity contribution is 5.90. The fraction of sp³-hybridized carbons (Fsp3) is 0.286. The molecule has 0 amide bonds. The highest BCUT2D eigenvalue weighted by Crippen LogP contribution is 2.33. The first-order valence-electron chi connectivity index (χ1n) is 8.97. The molecule has 0 spiro atoms. The summed E-state index contributed by atoms with van der Waals surface area (Å²) in [5.41, 5.74) is 2.83. The summed E-state index contributed by atoms with van der Waals surface area (Å²) < 4.78 is 5.92. The predicted octanol–water partition coefficient (Wildman–Crippen LogP) is 3.97. The van der Waals surface area contributed by atoms with Crippen LogP contribution in [0, 0.1) is 0 Å². The highest BCUT2D eigenvalue weighted by Gasteiger charge is 2.31. The van der Waals surface area contributed by atoms with Crippen molar-refractivity contribution < 1.29 is 14.6 Å². The number of benzene rings is 2. The highest BCUT2D eigenvalue weighted by atomic mass is 16.5. The van der Waals surface area contributed by atoms with Crippen LogP contribution in [0.4, 0.5) is 0 Å². The number of ether oxygens (including phenoxy) is 1. The van der Waals surface area contributed by atoms with Crippen molar-refractivity contribution in [3.63, 3.8) is 0 Å². The van der Waals surface area contributed by atoms with Crippen molar-refractivity contribution in [1.29, 1.82) is 0 Å². The van der Waals surface area contributed by atoms with Gasteiger partial charge in [-0.3, -0.25) is 9.69 Å². The molecule has 3 aromatic rings. The number of fused-ring (bicyclic) bond motifs is 1. The molecule has 1 aliphatic heterocycles. The van der Waals surface area contributed by atoms with E-state index >= 15 is 0 Å². The van der Waals surface area contributed by atoms with Gasteiger partial charge in [0.15, 0.2) is 0 Å². The number of H-pyrrole nitrogens is 1. The van der Waals surface area contributed by atoms with Gasteiger partial charge in [0.2, 0.25) is 0 Å². The molecule has 26 heavy (non-hydrogen) atoms. The molecule has 0 bridgehead atoms. The third-order valence-corrected chi connectivity index (χ3v) is 4.97. The summed E-state index contributed by atoms with van der Waals surface area (Å²) in [6, 6.07) is 15.2. The summed E-state index contributed by atoms with van der Waals surface area (Å²) in [6.45, 7) is 2.14. The Labute approximate surface area is 152 Å². The minimum Gasteiger partial charge on any atom is -0.489 e. The molecule has 0 aliphatic carbocycles. The molecule has 1 aliphatic rings. The van der Waals surface area contributed by atoms with Crippen molar-refractivity contribution in [2.75, 3.05) is 13.1 Å². The van der Waals surface area contributed by atoms with Gasteiger partial charge >= 0.3 is 5.97 Å². The van der Waals surface area contributed by atoms with E-state index in [9.17, 15) is 9.90 Å². The van der Waals surface area contributed by atoms with Gasteiger partial charge in [-0.2, -0.15) is 0 Å². The third-order valence-electron chi connectivity index (χ3n) is 4.97. The standard InChI is InChI=1S/C21H22N2O3/c24-21(25)20(23-10-4-5-11-23)18-13-22-19-9-8-16(12-17(18)19)26-14-15-6-2-1-3-7-15/h1-3,6-9,12-13,20,22H,4-5,10-11,14H2,(H,24,25)/t20-/m1/s1. The Kier molecular flexibility index (Phi) is 4.63. The maximum Gasteiger partial charge on any atom is 0.325 e. The summed E-state index contributed by atoms with van der Waals surface area (Å²) in [4.78, 5) is 17.2. The molecule has 4 rings (SSSR count). The van der Waals surface area contributed by atoms with Gasteiger partial charge in [-0.1, -0.05) is 30.3 Å². The van der Waals surface area contributed by atoms with Gasteiger partial charge in [0, 0.05) is 22.7 Å². The van der Waals surface area contributed by atoms with Gasteiger partial charge in [0.25, 0.3) is 0 Å². The molecule has 5 heteroatoms. The number of carbonyl (C=O) groups is 1. The number of rotatable bonds is 6. The Hall–Kier alpha value is -2.79. The molecule has 5 nitrogen and oxygen atoms in total. The molecular weight excluding hydrogens is 328 g/mol. The first kappa shape index (κ1) is 16.7. The van der Waals surface area contributed by atoms with Crippen LogP contribution in [0.5, 0.6) is 5.75 Å². The Balaban J connectivity index is 1.62. The Morgan fingerprint density at radius 3 is 2.65 bits per heavy atom. The van der Waals surface area contributed by atoms with Gasteiger partial charge < -0.3 is 14.8 Å². The van der Waals surface area contributed by atoms with Crippen LogP contribution in [0.2, 0.25) is 0 Å². The number of nitrogens with zero attached hydrogens (tertiary/aromatic N) is 1. The molecule has 1 atom stereocenters. The molecule has 2 heterocycles. The van der Waals surface area contributed by atoms with Crippen LogP contribution >= 0.6 is 0 Å². The average Bonchev–Trinajstić information content (AvgIpc) is 3.32. The Morgan fingerprint density at radius 2 is 1.92 bits per heavy atom. The fourth-order valence-electron chi connectivity index (χ4n) is 3.66. The number of nitrogens with one attached hydrogen (secondary N) is 1. The molecule has 0 saturated carbocycles. The minimum absolute atomic E-state index is 0.487. The fourth-order valence-corrected chi connectivity index (χ4v) is 3.66. The summed E-state index contributed by atoms with van der Waals surface area (Å²) in [6.07, 6.45) is 3.93. The van der Waals surface area contributed by atoms with Crippen molar-refractivity contribution in [2.24, 2.45) is 0 Å². The number of likely N-dealkylation sites (tertiary alicyclic amines) is 1. The number of carboxylic acid groups (broad SMARTS) is 1. The lowest BCUT2D eigenvalue weighted by molar-refractivity contribution is -0.143. The molecule has 2 N–H and O–H groups in total. The molecular formula is C21H22N2O3. The number of hydrogen-bond donors (Lipinski definition) is 2. The number of hydrogen-bond acceptors (Lipinski definition) is 3. The van der Waals surface area contributed by atoms with Crippen LogP contribution in [0.3, 0.4) is 0 Å². The Morgan fingerprint density at radius 1 is 1.15 bits per heavy atom. The topological polar surface area (TPSA) is 65.6 Å².